The fourth-order valence-corrected chi connectivity index (χ4v) is 2.27. The van der Waals surface area contributed by atoms with E-state index in [9.17, 15) is 10.1 Å². The highest BCUT2D eigenvalue weighted by Crippen LogP contribution is 2.23. The van der Waals surface area contributed by atoms with E-state index in [-0.39, 0.29) is 16.7 Å². The number of rotatable bonds is 9. The average molecular weight is 294 g/mol. The van der Waals surface area contributed by atoms with Crippen LogP contribution < -0.4 is 5.32 Å². The number of aryl methyl sites for hydroxylation is 1. The Kier molecular flexibility index (Phi) is 7.08. The van der Waals surface area contributed by atoms with Crippen molar-refractivity contribution in [1.82, 2.24) is 9.88 Å². The summed E-state index contributed by atoms with van der Waals surface area (Å²) in [5.41, 5.74) is 0.840. The van der Waals surface area contributed by atoms with Crippen molar-refractivity contribution in [2.75, 3.05) is 25.0 Å². The van der Waals surface area contributed by atoms with E-state index < -0.39 is 0 Å². The summed E-state index contributed by atoms with van der Waals surface area (Å²) in [4.78, 5) is 17.2. The molecule has 0 saturated heterocycles. The third-order valence-electron chi connectivity index (χ3n) is 3.59. The van der Waals surface area contributed by atoms with Crippen LogP contribution in [0.3, 0.4) is 0 Å². The van der Waals surface area contributed by atoms with Crippen LogP contribution in [-0.4, -0.2) is 40.5 Å². The van der Waals surface area contributed by atoms with Gasteiger partial charge in [0, 0.05) is 18.3 Å². The first-order valence-electron chi connectivity index (χ1n) is 7.57. The van der Waals surface area contributed by atoms with E-state index in [2.05, 4.69) is 29.0 Å². The van der Waals surface area contributed by atoms with Gasteiger partial charge in [0.25, 0.3) is 0 Å². The number of hydrogen-bond donors (Lipinski definition) is 1. The number of hydrogen-bond acceptors (Lipinski definition) is 5. The maximum atomic E-state index is 11.1. The summed E-state index contributed by atoms with van der Waals surface area (Å²) in [6.07, 6.45) is 3.68. The molecule has 0 amide bonds. The summed E-state index contributed by atoms with van der Waals surface area (Å²) < 4.78 is 0. The Morgan fingerprint density at radius 3 is 2.67 bits per heavy atom. The Morgan fingerprint density at radius 1 is 1.43 bits per heavy atom. The Hall–Kier alpha value is -1.69. The van der Waals surface area contributed by atoms with Crippen molar-refractivity contribution in [2.24, 2.45) is 0 Å². The molecular weight excluding hydrogens is 268 g/mol. The van der Waals surface area contributed by atoms with Crippen LogP contribution in [-0.2, 0) is 0 Å². The highest BCUT2D eigenvalue weighted by molar-refractivity contribution is 5.56. The Morgan fingerprint density at radius 2 is 2.10 bits per heavy atom. The molecule has 0 saturated carbocycles. The third-order valence-corrected chi connectivity index (χ3v) is 3.59. The van der Waals surface area contributed by atoms with E-state index in [1.165, 1.54) is 0 Å². The smallest absolute Gasteiger partial charge is 0.311 e. The molecule has 1 aromatic heterocycles. The summed E-state index contributed by atoms with van der Waals surface area (Å²) >= 11 is 0. The fraction of sp³-hybridized carbons (Fsp3) is 0.667. The number of pyridine rings is 1. The van der Waals surface area contributed by atoms with Crippen LogP contribution in [0, 0.1) is 17.0 Å². The second-order valence-electron chi connectivity index (χ2n) is 5.35. The zero-order chi connectivity index (χ0) is 15.8. The topological polar surface area (TPSA) is 71.3 Å². The minimum atomic E-state index is -0.384. The predicted molar refractivity (Wildman–Crippen MR) is 85.7 cm³/mol. The van der Waals surface area contributed by atoms with Crippen molar-refractivity contribution >= 4 is 11.5 Å². The predicted octanol–water partition coefficient (Wildman–Crippen LogP) is 3.22. The number of nitrogens with zero attached hydrogens (tertiary/aromatic N) is 3. The zero-order valence-corrected chi connectivity index (χ0v) is 13.4. The van der Waals surface area contributed by atoms with Gasteiger partial charge in [0.2, 0.25) is 5.82 Å². The van der Waals surface area contributed by atoms with Gasteiger partial charge in [0.1, 0.15) is 0 Å². The molecule has 1 aromatic rings. The monoisotopic (exact) mass is 294 g/mol. The average Bonchev–Trinajstić information content (AvgIpc) is 2.45. The minimum absolute atomic E-state index is 0.0468. The van der Waals surface area contributed by atoms with Gasteiger partial charge in [-0.05, 0) is 51.9 Å². The van der Waals surface area contributed by atoms with Crippen LogP contribution in [0.15, 0.2) is 12.3 Å². The molecule has 0 aliphatic heterocycles. The molecule has 0 aromatic carbocycles. The lowest BCUT2D eigenvalue weighted by atomic mass is 10.1. The molecule has 1 heterocycles. The maximum absolute atomic E-state index is 11.1. The van der Waals surface area contributed by atoms with Gasteiger partial charge in [-0.2, -0.15) is 0 Å². The first kappa shape index (κ1) is 17.4. The normalized spacial score (nSPS) is 12.4. The molecule has 6 heteroatoms. The van der Waals surface area contributed by atoms with Crippen LogP contribution in [0.1, 0.15) is 39.2 Å². The van der Waals surface area contributed by atoms with E-state index in [0.29, 0.717) is 5.82 Å². The first-order chi connectivity index (χ1) is 9.97. The highest BCUT2D eigenvalue weighted by Gasteiger charge is 2.17. The van der Waals surface area contributed by atoms with Gasteiger partial charge in [-0.15, -0.1) is 0 Å². The van der Waals surface area contributed by atoms with Crippen molar-refractivity contribution < 1.29 is 4.92 Å². The number of nitrogens with one attached hydrogen (secondary N) is 1. The van der Waals surface area contributed by atoms with Crippen LogP contribution in [0.4, 0.5) is 11.5 Å². The second-order valence-corrected chi connectivity index (χ2v) is 5.35. The summed E-state index contributed by atoms with van der Waals surface area (Å²) in [5, 5.41) is 14.2. The highest BCUT2D eigenvalue weighted by atomic mass is 16.6. The molecular formula is C15H26N4O2. The van der Waals surface area contributed by atoms with Crippen molar-refractivity contribution in [3.05, 3.63) is 27.9 Å². The van der Waals surface area contributed by atoms with E-state index in [1.807, 2.05) is 6.92 Å². The molecule has 0 spiro atoms. The van der Waals surface area contributed by atoms with Gasteiger partial charge < -0.3 is 10.2 Å². The second kappa shape index (κ2) is 8.56. The van der Waals surface area contributed by atoms with Gasteiger partial charge in [0.15, 0.2) is 0 Å². The van der Waals surface area contributed by atoms with Gasteiger partial charge in [-0.3, -0.25) is 10.1 Å². The number of anilines is 1. The van der Waals surface area contributed by atoms with E-state index in [0.717, 1.165) is 38.0 Å². The molecule has 0 fully saturated rings. The maximum Gasteiger partial charge on any atom is 0.311 e. The molecule has 118 valence electrons. The van der Waals surface area contributed by atoms with Crippen molar-refractivity contribution in [2.45, 2.75) is 46.6 Å². The molecule has 0 aliphatic carbocycles. The van der Waals surface area contributed by atoms with E-state index in [4.69, 9.17) is 0 Å². The quantitative estimate of drug-likeness (QED) is 0.559. The molecule has 6 nitrogen and oxygen atoms in total. The SMILES string of the molecule is CCN(CC)CCCC(C)Nc1ncc(C)cc1[N+](=O)[O-]. The molecule has 0 radical (unpaired) electrons. The lowest BCUT2D eigenvalue weighted by Gasteiger charge is -2.20. The number of aromatic nitrogens is 1. The summed E-state index contributed by atoms with van der Waals surface area (Å²) in [6.45, 7) is 11.3. The van der Waals surface area contributed by atoms with Crippen LogP contribution >= 0.6 is 0 Å². The summed E-state index contributed by atoms with van der Waals surface area (Å²) in [7, 11) is 0. The summed E-state index contributed by atoms with van der Waals surface area (Å²) in [6, 6.07) is 1.72. The van der Waals surface area contributed by atoms with Gasteiger partial charge in [-0.1, -0.05) is 13.8 Å². The number of nitro groups is 1. The molecule has 1 rings (SSSR count). The van der Waals surface area contributed by atoms with E-state index in [1.54, 1.807) is 19.2 Å². The lowest BCUT2D eigenvalue weighted by molar-refractivity contribution is -0.384. The largest absolute Gasteiger partial charge is 0.362 e. The van der Waals surface area contributed by atoms with Gasteiger partial charge >= 0.3 is 5.69 Å². The van der Waals surface area contributed by atoms with Gasteiger partial charge in [0.05, 0.1) is 4.92 Å². The van der Waals surface area contributed by atoms with Crippen molar-refractivity contribution in [1.29, 1.82) is 0 Å². The van der Waals surface area contributed by atoms with Gasteiger partial charge in [-0.25, -0.2) is 4.98 Å². The first-order valence-corrected chi connectivity index (χ1v) is 7.57. The van der Waals surface area contributed by atoms with Crippen LogP contribution in [0.25, 0.3) is 0 Å². The third kappa shape index (κ3) is 5.67. The Balaban J connectivity index is 2.55. The molecule has 21 heavy (non-hydrogen) atoms. The minimum Gasteiger partial charge on any atom is -0.362 e. The Bertz CT molecular complexity index is 461. The molecule has 1 N–H and O–H groups in total. The van der Waals surface area contributed by atoms with Crippen LogP contribution in [0.2, 0.25) is 0 Å². The summed E-state index contributed by atoms with van der Waals surface area (Å²) in [5.74, 6) is 0.362. The Labute approximate surface area is 126 Å². The fourth-order valence-electron chi connectivity index (χ4n) is 2.27. The van der Waals surface area contributed by atoms with Crippen LogP contribution in [0.5, 0.6) is 0 Å². The molecule has 1 unspecified atom stereocenters. The zero-order valence-electron chi connectivity index (χ0n) is 13.4. The lowest BCUT2D eigenvalue weighted by Crippen LogP contribution is -2.25. The van der Waals surface area contributed by atoms with Crippen molar-refractivity contribution in [3.8, 4) is 0 Å². The molecule has 0 bridgehead atoms. The molecule has 0 aliphatic rings. The van der Waals surface area contributed by atoms with Crippen molar-refractivity contribution in [3.63, 3.8) is 0 Å². The van der Waals surface area contributed by atoms with E-state index >= 15 is 0 Å². The standard InChI is InChI=1S/C15H26N4O2/c1-5-18(6-2)9-7-8-13(4)17-15-14(19(20)21)10-12(3)11-16-15/h10-11,13H,5-9H2,1-4H3,(H,16,17). The molecule has 1 atom stereocenters.